The number of benzene rings is 2. The fraction of sp³-hybridized carbons (Fsp3) is 0. The number of pyridine rings is 1. The molecule has 1 aromatic heterocycles. The molecule has 19 heavy (non-hydrogen) atoms. The smallest absolute Gasteiger partial charge is 0.219 e. The number of para-hydroxylation sites is 1. The first kappa shape index (κ1) is 11.6. The third kappa shape index (κ3) is 2.38. The Hall–Kier alpha value is -2.49. The first-order valence-electron chi connectivity index (χ1n) is 5.71. The van der Waals surface area contributed by atoms with Gasteiger partial charge in [0, 0.05) is 17.5 Å². The number of rotatable bonds is 2. The van der Waals surface area contributed by atoms with Crippen LogP contribution in [-0.2, 0) is 0 Å². The molecule has 2 nitrogen and oxygen atoms in total. The Labute approximate surface area is 108 Å². The summed E-state index contributed by atoms with van der Waals surface area (Å²) in [5, 5.41) is 0.967. The lowest BCUT2D eigenvalue weighted by Gasteiger charge is -2.06. The number of nitrogens with zero attached hydrogens (tertiary/aromatic N) is 1. The minimum absolute atomic E-state index is 0.0517. The highest BCUT2D eigenvalue weighted by molar-refractivity contribution is 5.78. The van der Waals surface area contributed by atoms with Crippen molar-refractivity contribution in [2.75, 3.05) is 0 Å². The van der Waals surface area contributed by atoms with Crippen LogP contribution in [0, 0.1) is 11.6 Å². The topological polar surface area (TPSA) is 22.1 Å². The van der Waals surface area contributed by atoms with E-state index in [0.29, 0.717) is 0 Å². The van der Waals surface area contributed by atoms with Gasteiger partial charge in [-0.2, -0.15) is 0 Å². The molecule has 94 valence electrons. The summed E-state index contributed by atoms with van der Waals surface area (Å²) in [6.07, 6.45) is 0. The first-order chi connectivity index (χ1) is 9.22. The molecular weight excluding hydrogens is 248 g/mol. The molecule has 4 heteroatoms. The molecule has 0 radical (unpaired) electrons. The molecule has 0 saturated heterocycles. The number of halogens is 2. The highest BCUT2D eigenvalue weighted by Crippen LogP contribution is 2.25. The van der Waals surface area contributed by atoms with E-state index in [9.17, 15) is 8.78 Å². The van der Waals surface area contributed by atoms with Crippen molar-refractivity contribution >= 4 is 10.9 Å². The van der Waals surface area contributed by atoms with Gasteiger partial charge in [-0.1, -0.05) is 18.2 Å². The maximum absolute atomic E-state index is 13.5. The van der Waals surface area contributed by atoms with Crippen molar-refractivity contribution in [3.63, 3.8) is 0 Å². The molecule has 1 heterocycles. The van der Waals surface area contributed by atoms with Crippen LogP contribution in [0.4, 0.5) is 8.78 Å². The minimum atomic E-state index is -0.755. The van der Waals surface area contributed by atoms with Crippen molar-refractivity contribution in [2.24, 2.45) is 0 Å². The quantitative estimate of drug-likeness (QED) is 0.682. The Morgan fingerprint density at radius 2 is 1.74 bits per heavy atom. The van der Waals surface area contributed by atoms with Crippen molar-refractivity contribution in [1.29, 1.82) is 0 Å². The van der Waals surface area contributed by atoms with Gasteiger partial charge in [-0.15, -0.1) is 0 Å². The van der Waals surface area contributed by atoms with Crippen molar-refractivity contribution < 1.29 is 13.5 Å². The van der Waals surface area contributed by atoms with E-state index in [0.717, 1.165) is 23.0 Å². The molecule has 0 N–H and O–H groups in total. The predicted molar refractivity (Wildman–Crippen MR) is 68.2 cm³/mol. The molecule has 0 fully saturated rings. The highest BCUT2D eigenvalue weighted by atomic mass is 19.1. The van der Waals surface area contributed by atoms with Crippen LogP contribution >= 0.6 is 0 Å². The number of hydrogen-bond donors (Lipinski definition) is 0. The number of hydrogen-bond acceptors (Lipinski definition) is 2. The summed E-state index contributed by atoms with van der Waals surface area (Å²) in [6, 6.07) is 14.1. The van der Waals surface area contributed by atoms with Gasteiger partial charge in [-0.3, -0.25) is 0 Å². The molecule has 3 aromatic rings. The van der Waals surface area contributed by atoms with Crippen molar-refractivity contribution in [2.45, 2.75) is 0 Å². The van der Waals surface area contributed by atoms with Gasteiger partial charge in [-0.05, 0) is 24.3 Å². The lowest BCUT2D eigenvalue weighted by molar-refractivity contribution is 0.425. The summed E-state index contributed by atoms with van der Waals surface area (Å²) >= 11 is 0. The van der Waals surface area contributed by atoms with Crippen LogP contribution in [0.3, 0.4) is 0 Å². The Morgan fingerprint density at radius 1 is 0.895 bits per heavy atom. The lowest BCUT2D eigenvalue weighted by Crippen LogP contribution is -1.92. The van der Waals surface area contributed by atoms with Gasteiger partial charge in [0.1, 0.15) is 5.82 Å². The van der Waals surface area contributed by atoms with Gasteiger partial charge in [0.15, 0.2) is 11.6 Å². The molecular formula is C15H9F2NO. The summed E-state index contributed by atoms with van der Waals surface area (Å²) in [5.74, 6) is -1.18. The van der Waals surface area contributed by atoms with E-state index in [1.165, 1.54) is 6.07 Å². The molecule has 2 aromatic carbocycles. The minimum Gasteiger partial charge on any atom is -0.436 e. The van der Waals surface area contributed by atoms with Crippen molar-refractivity contribution in [1.82, 2.24) is 4.98 Å². The average Bonchev–Trinajstić information content (AvgIpc) is 2.42. The van der Waals surface area contributed by atoms with E-state index in [1.54, 1.807) is 6.07 Å². The monoisotopic (exact) mass is 257 g/mol. The van der Waals surface area contributed by atoms with E-state index in [4.69, 9.17) is 4.74 Å². The average molecular weight is 257 g/mol. The summed E-state index contributed by atoms with van der Waals surface area (Å²) in [6.45, 7) is 0. The zero-order valence-electron chi connectivity index (χ0n) is 9.81. The summed E-state index contributed by atoms with van der Waals surface area (Å²) < 4.78 is 31.6. The highest BCUT2D eigenvalue weighted by Gasteiger charge is 2.07. The van der Waals surface area contributed by atoms with Crippen LogP contribution in [0.25, 0.3) is 10.9 Å². The molecule has 0 saturated carbocycles. The van der Waals surface area contributed by atoms with Gasteiger partial charge < -0.3 is 4.74 Å². The van der Waals surface area contributed by atoms with Gasteiger partial charge >= 0.3 is 0 Å². The molecule has 0 aliphatic rings. The van der Waals surface area contributed by atoms with Crippen molar-refractivity contribution in [3.05, 3.63) is 66.2 Å². The van der Waals surface area contributed by atoms with Crippen LogP contribution in [0.1, 0.15) is 0 Å². The molecule has 0 aliphatic carbocycles. The predicted octanol–water partition coefficient (Wildman–Crippen LogP) is 4.31. The maximum atomic E-state index is 13.5. The van der Waals surface area contributed by atoms with Crippen LogP contribution in [0.5, 0.6) is 11.6 Å². The molecule has 0 amide bonds. The normalized spacial score (nSPS) is 10.6. The number of fused-ring (bicyclic) bond motifs is 1. The summed E-state index contributed by atoms with van der Waals surface area (Å²) in [5.41, 5.74) is 0.752. The van der Waals surface area contributed by atoms with Crippen molar-refractivity contribution in [3.8, 4) is 11.6 Å². The second-order valence-electron chi connectivity index (χ2n) is 4.02. The Balaban J connectivity index is 1.96. The fourth-order valence-corrected chi connectivity index (χ4v) is 1.77. The molecule has 0 aliphatic heterocycles. The van der Waals surface area contributed by atoms with Gasteiger partial charge in [0.25, 0.3) is 0 Å². The second kappa shape index (κ2) is 4.65. The molecule has 3 rings (SSSR count). The fourth-order valence-electron chi connectivity index (χ4n) is 1.77. The second-order valence-corrected chi connectivity index (χ2v) is 4.02. The largest absolute Gasteiger partial charge is 0.436 e. The lowest BCUT2D eigenvalue weighted by atomic mass is 10.2. The molecule has 0 bridgehead atoms. The third-order valence-electron chi connectivity index (χ3n) is 2.68. The molecule has 0 atom stereocenters. The number of ether oxygens (including phenoxy) is 1. The Bertz CT molecular complexity index is 743. The van der Waals surface area contributed by atoms with Crippen LogP contribution in [0.15, 0.2) is 54.6 Å². The third-order valence-corrected chi connectivity index (χ3v) is 2.68. The van der Waals surface area contributed by atoms with E-state index in [2.05, 4.69) is 4.98 Å². The zero-order chi connectivity index (χ0) is 13.2. The Morgan fingerprint density at radius 3 is 2.58 bits per heavy atom. The number of aromatic nitrogens is 1. The summed E-state index contributed by atoms with van der Waals surface area (Å²) in [4.78, 5) is 4.25. The first-order valence-corrected chi connectivity index (χ1v) is 5.71. The molecule has 0 unspecified atom stereocenters. The Kier molecular flexibility index (Phi) is 2.83. The van der Waals surface area contributed by atoms with Crippen LogP contribution in [0.2, 0.25) is 0 Å². The maximum Gasteiger partial charge on any atom is 0.219 e. The van der Waals surface area contributed by atoms with E-state index < -0.39 is 11.6 Å². The standard InChI is InChI=1S/C15H9F2NO/c16-11-6-7-14(12(17)9-11)19-15-8-5-10-3-1-2-4-13(10)18-15/h1-9H. The SMILES string of the molecule is Fc1ccc(Oc2ccc3ccccc3n2)c(F)c1. The summed E-state index contributed by atoms with van der Waals surface area (Å²) in [7, 11) is 0. The van der Waals surface area contributed by atoms with Gasteiger partial charge in [-0.25, -0.2) is 13.8 Å². The van der Waals surface area contributed by atoms with Crippen LogP contribution < -0.4 is 4.74 Å². The van der Waals surface area contributed by atoms with Gasteiger partial charge in [0.05, 0.1) is 5.52 Å². The molecule has 0 spiro atoms. The zero-order valence-corrected chi connectivity index (χ0v) is 9.81. The van der Waals surface area contributed by atoms with E-state index in [-0.39, 0.29) is 11.6 Å². The van der Waals surface area contributed by atoms with E-state index >= 15 is 0 Å². The van der Waals surface area contributed by atoms with Gasteiger partial charge in [0.2, 0.25) is 5.88 Å². The van der Waals surface area contributed by atoms with Crippen LogP contribution in [-0.4, -0.2) is 4.98 Å². The van der Waals surface area contributed by atoms with E-state index in [1.807, 2.05) is 30.3 Å².